The number of allylic oxidation sites excluding steroid dienone is 4. The van der Waals surface area contributed by atoms with Crippen LogP contribution in [-0.2, 0) is 14.3 Å². The summed E-state index contributed by atoms with van der Waals surface area (Å²) in [7, 11) is 0. The number of ether oxygens (including phenoxy) is 2. The first kappa shape index (κ1) is 17.7. The van der Waals surface area contributed by atoms with Crippen molar-refractivity contribution in [3.63, 3.8) is 0 Å². The van der Waals surface area contributed by atoms with Gasteiger partial charge in [-0.1, -0.05) is 49.5 Å². The Labute approximate surface area is 139 Å². The summed E-state index contributed by atoms with van der Waals surface area (Å²) in [5.41, 5.74) is 0. The lowest BCUT2D eigenvalue weighted by Crippen LogP contribution is -2.15. The lowest BCUT2D eigenvalue weighted by atomic mass is 10.1. The van der Waals surface area contributed by atoms with Crippen molar-refractivity contribution in [1.29, 1.82) is 0 Å². The third kappa shape index (κ3) is 7.47. The molecule has 3 nitrogen and oxygen atoms in total. The van der Waals surface area contributed by atoms with E-state index in [0.717, 1.165) is 38.5 Å². The zero-order valence-electron chi connectivity index (χ0n) is 14.0. The summed E-state index contributed by atoms with van der Waals surface area (Å²) in [6.45, 7) is 2.14. The van der Waals surface area contributed by atoms with E-state index < -0.39 is 0 Å². The van der Waals surface area contributed by atoms with Crippen molar-refractivity contribution in [2.75, 3.05) is 0 Å². The van der Waals surface area contributed by atoms with Gasteiger partial charge in [0.25, 0.3) is 0 Å². The van der Waals surface area contributed by atoms with Gasteiger partial charge >= 0.3 is 5.97 Å². The number of esters is 1. The predicted octanol–water partition coefficient (Wildman–Crippen LogP) is 4.65. The molecule has 2 rings (SSSR count). The predicted molar refractivity (Wildman–Crippen MR) is 93.1 cm³/mol. The smallest absolute Gasteiger partial charge is 0.306 e. The average Bonchev–Trinajstić information content (AvgIpc) is 3.27. The summed E-state index contributed by atoms with van der Waals surface area (Å²) in [6.07, 6.45) is 23.4. The van der Waals surface area contributed by atoms with E-state index in [4.69, 9.17) is 9.47 Å². The highest BCUT2D eigenvalue weighted by Gasteiger charge is 2.35. The number of hydrogen-bond donors (Lipinski definition) is 0. The van der Waals surface area contributed by atoms with Crippen molar-refractivity contribution < 1.29 is 14.3 Å². The van der Waals surface area contributed by atoms with Gasteiger partial charge in [0.15, 0.2) is 0 Å². The molecule has 0 aromatic rings. The normalized spacial score (nSPS) is 30.3. The highest BCUT2D eigenvalue weighted by Crippen LogP contribution is 2.27. The molecule has 0 N–H and O–H groups in total. The number of carbonyl (C=O) groups is 1. The van der Waals surface area contributed by atoms with Crippen LogP contribution in [0, 0.1) is 0 Å². The first-order valence-electron chi connectivity index (χ1n) is 8.78. The number of epoxide rings is 1. The minimum atomic E-state index is -0.156. The molecule has 0 aromatic heterocycles. The Balaban J connectivity index is 1.69. The highest BCUT2D eigenvalue weighted by molar-refractivity contribution is 5.69. The summed E-state index contributed by atoms with van der Waals surface area (Å²) < 4.78 is 11.1. The zero-order chi connectivity index (χ0) is 16.3. The van der Waals surface area contributed by atoms with Crippen LogP contribution in [0.25, 0.3) is 0 Å². The van der Waals surface area contributed by atoms with E-state index in [-0.39, 0.29) is 24.3 Å². The number of rotatable bonds is 7. The summed E-state index contributed by atoms with van der Waals surface area (Å²) in [6, 6.07) is 0. The Morgan fingerprint density at radius 3 is 2.91 bits per heavy atom. The van der Waals surface area contributed by atoms with Crippen molar-refractivity contribution in [2.45, 2.75) is 70.2 Å². The molecular formula is C20H28O3. The molecule has 0 saturated carbocycles. The Morgan fingerprint density at radius 2 is 2.04 bits per heavy atom. The van der Waals surface area contributed by atoms with Gasteiger partial charge in [-0.05, 0) is 38.2 Å². The molecule has 0 radical (unpaired) electrons. The standard InChI is InChI=1S/C20H28O3/c1-2-3-4-5-6-10-13-18-19(23-18)16-15-17-12-9-7-8-11-14-20(21)22-17/h3-4,6-7,9-10,15-19H,2,5,8,11-14H2,1H3/b4-3-,9-7-,10-6-,16-15?/t17-,18+,19-/m0/s1. The Bertz CT molecular complexity index is 473. The van der Waals surface area contributed by atoms with Gasteiger partial charge in [-0.3, -0.25) is 4.79 Å². The average molecular weight is 316 g/mol. The molecule has 0 spiro atoms. The number of hydrogen-bond acceptors (Lipinski definition) is 3. The third-order valence-corrected chi connectivity index (χ3v) is 3.92. The largest absolute Gasteiger partial charge is 0.458 e. The fraction of sp³-hybridized carbons (Fsp3) is 0.550. The molecule has 3 atom stereocenters. The van der Waals surface area contributed by atoms with Crippen LogP contribution in [-0.4, -0.2) is 24.3 Å². The minimum Gasteiger partial charge on any atom is -0.458 e. The second kappa shape index (κ2) is 10.2. The maximum absolute atomic E-state index is 11.6. The fourth-order valence-electron chi connectivity index (χ4n) is 2.52. The van der Waals surface area contributed by atoms with Crippen LogP contribution in [0.2, 0.25) is 0 Å². The molecule has 0 aliphatic carbocycles. The van der Waals surface area contributed by atoms with E-state index >= 15 is 0 Å². The monoisotopic (exact) mass is 316 g/mol. The van der Waals surface area contributed by atoms with Gasteiger partial charge < -0.3 is 9.47 Å². The van der Waals surface area contributed by atoms with Gasteiger partial charge in [-0.15, -0.1) is 0 Å². The summed E-state index contributed by atoms with van der Waals surface area (Å²) in [5, 5.41) is 0. The van der Waals surface area contributed by atoms with E-state index in [0.29, 0.717) is 6.42 Å². The van der Waals surface area contributed by atoms with E-state index in [9.17, 15) is 4.79 Å². The second-order valence-electron chi connectivity index (χ2n) is 5.97. The molecule has 2 aliphatic rings. The minimum absolute atomic E-state index is 0.0975. The van der Waals surface area contributed by atoms with Gasteiger partial charge in [0.05, 0.1) is 6.10 Å². The van der Waals surface area contributed by atoms with Gasteiger partial charge in [-0.2, -0.15) is 0 Å². The van der Waals surface area contributed by atoms with Crippen molar-refractivity contribution >= 4 is 5.97 Å². The van der Waals surface area contributed by atoms with Crippen LogP contribution < -0.4 is 0 Å². The summed E-state index contributed by atoms with van der Waals surface area (Å²) in [4.78, 5) is 11.6. The number of cyclic esters (lactones) is 1. The molecule has 0 amide bonds. The van der Waals surface area contributed by atoms with Crippen LogP contribution in [0.3, 0.4) is 0 Å². The van der Waals surface area contributed by atoms with Crippen molar-refractivity contribution in [3.05, 3.63) is 48.6 Å². The molecular weight excluding hydrogens is 288 g/mol. The summed E-state index contributed by atoms with van der Waals surface area (Å²) >= 11 is 0. The topological polar surface area (TPSA) is 38.8 Å². The molecule has 0 unspecified atom stereocenters. The lowest BCUT2D eigenvalue weighted by molar-refractivity contribution is -0.146. The first-order valence-corrected chi connectivity index (χ1v) is 8.78. The molecule has 23 heavy (non-hydrogen) atoms. The Kier molecular flexibility index (Phi) is 7.88. The van der Waals surface area contributed by atoms with E-state index in [1.807, 2.05) is 12.2 Å². The quantitative estimate of drug-likeness (QED) is 0.390. The SMILES string of the molecule is CC/C=C\C/C=C\C[C@H]1O[C@H]1C=C[C@@H]1C/C=C\CCCC(=O)O1. The molecule has 0 aromatic carbocycles. The van der Waals surface area contributed by atoms with Crippen LogP contribution in [0.1, 0.15) is 51.9 Å². The lowest BCUT2D eigenvalue weighted by Gasteiger charge is -2.11. The van der Waals surface area contributed by atoms with Gasteiger partial charge in [0, 0.05) is 12.8 Å². The van der Waals surface area contributed by atoms with Crippen molar-refractivity contribution in [1.82, 2.24) is 0 Å². The molecule has 1 saturated heterocycles. The zero-order valence-corrected chi connectivity index (χ0v) is 14.0. The summed E-state index contributed by atoms with van der Waals surface area (Å²) in [5.74, 6) is -0.0975. The van der Waals surface area contributed by atoms with E-state index in [1.165, 1.54) is 0 Å². The van der Waals surface area contributed by atoms with Crippen LogP contribution in [0.4, 0.5) is 0 Å². The van der Waals surface area contributed by atoms with Gasteiger partial charge in [0.1, 0.15) is 12.2 Å². The molecule has 126 valence electrons. The molecule has 2 aliphatic heterocycles. The van der Waals surface area contributed by atoms with Gasteiger partial charge in [0.2, 0.25) is 0 Å². The third-order valence-electron chi connectivity index (χ3n) is 3.92. The van der Waals surface area contributed by atoms with Gasteiger partial charge in [-0.25, -0.2) is 0 Å². The van der Waals surface area contributed by atoms with E-state index in [1.54, 1.807) is 0 Å². The maximum Gasteiger partial charge on any atom is 0.306 e. The molecule has 1 fully saturated rings. The van der Waals surface area contributed by atoms with Crippen LogP contribution in [0.15, 0.2) is 48.6 Å². The van der Waals surface area contributed by atoms with E-state index in [2.05, 4.69) is 43.4 Å². The Morgan fingerprint density at radius 1 is 1.17 bits per heavy atom. The first-order chi connectivity index (χ1) is 11.3. The molecule has 3 heteroatoms. The molecule has 0 bridgehead atoms. The highest BCUT2D eigenvalue weighted by atomic mass is 16.6. The van der Waals surface area contributed by atoms with Crippen LogP contribution >= 0.6 is 0 Å². The van der Waals surface area contributed by atoms with Crippen molar-refractivity contribution in [2.24, 2.45) is 0 Å². The maximum atomic E-state index is 11.6. The van der Waals surface area contributed by atoms with Crippen molar-refractivity contribution in [3.8, 4) is 0 Å². The van der Waals surface area contributed by atoms with Crippen LogP contribution in [0.5, 0.6) is 0 Å². The molecule has 2 heterocycles. The fourth-order valence-corrected chi connectivity index (χ4v) is 2.52. The Hall–Kier alpha value is -1.61. The number of carbonyl (C=O) groups excluding carboxylic acids is 1. The second-order valence-corrected chi connectivity index (χ2v) is 5.97.